The number of amides is 2. The van der Waals surface area contributed by atoms with Crippen LogP contribution < -0.4 is 15.4 Å². The first-order valence-electron chi connectivity index (χ1n) is 7.05. The van der Waals surface area contributed by atoms with E-state index in [0.717, 1.165) is 15.6 Å². The highest BCUT2D eigenvalue weighted by Crippen LogP contribution is 2.29. The van der Waals surface area contributed by atoms with Gasteiger partial charge in [-0.05, 0) is 26.0 Å². The molecule has 2 aromatic heterocycles. The molecular weight excluding hydrogens is 330 g/mol. The van der Waals surface area contributed by atoms with Crippen molar-refractivity contribution in [2.24, 2.45) is 0 Å². The zero-order valence-corrected chi connectivity index (χ0v) is 14.1. The van der Waals surface area contributed by atoms with Crippen molar-refractivity contribution in [3.63, 3.8) is 0 Å². The number of thiazole rings is 1. The van der Waals surface area contributed by atoms with Crippen molar-refractivity contribution in [3.8, 4) is 16.5 Å². The van der Waals surface area contributed by atoms with Crippen molar-refractivity contribution in [2.75, 3.05) is 17.7 Å². The molecule has 0 fully saturated rings. The van der Waals surface area contributed by atoms with Gasteiger partial charge in [-0.25, -0.2) is 9.78 Å². The van der Waals surface area contributed by atoms with E-state index < -0.39 is 6.03 Å². The van der Waals surface area contributed by atoms with Crippen LogP contribution >= 0.6 is 11.3 Å². The molecule has 0 aliphatic rings. The van der Waals surface area contributed by atoms with E-state index >= 15 is 0 Å². The molecule has 2 amide bonds. The highest BCUT2D eigenvalue weighted by atomic mass is 32.1. The molecule has 9 heteroatoms. The third-order valence-corrected chi connectivity index (χ3v) is 4.16. The number of carbonyl (C=O) groups excluding carboxylic acids is 1. The van der Waals surface area contributed by atoms with Gasteiger partial charge in [0.1, 0.15) is 10.6 Å². The average molecular weight is 345 g/mol. The molecule has 2 heterocycles. The maximum atomic E-state index is 12.1. The fraction of sp³-hybridized carbons (Fsp3) is 0.200. The number of aryl methyl sites for hydroxylation is 2. The van der Waals surface area contributed by atoms with Gasteiger partial charge < -0.3 is 14.5 Å². The van der Waals surface area contributed by atoms with E-state index in [2.05, 4.69) is 25.8 Å². The lowest BCUT2D eigenvalue weighted by Gasteiger charge is -2.09. The second-order valence-electron chi connectivity index (χ2n) is 4.84. The molecule has 3 rings (SSSR count). The first-order chi connectivity index (χ1) is 11.6. The van der Waals surface area contributed by atoms with Crippen LogP contribution in [-0.2, 0) is 0 Å². The molecule has 124 valence electrons. The number of carbonyl (C=O) groups is 1. The number of ether oxygens (including phenoxy) is 1. The van der Waals surface area contributed by atoms with Crippen molar-refractivity contribution < 1.29 is 13.9 Å². The molecule has 8 nitrogen and oxygen atoms in total. The van der Waals surface area contributed by atoms with E-state index in [1.807, 2.05) is 19.9 Å². The molecule has 0 bridgehead atoms. The van der Waals surface area contributed by atoms with Crippen molar-refractivity contribution in [1.29, 1.82) is 0 Å². The second kappa shape index (κ2) is 6.67. The van der Waals surface area contributed by atoms with Gasteiger partial charge in [-0.1, -0.05) is 17.2 Å². The molecule has 24 heavy (non-hydrogen) atoms. The molecule has 0 saturated carbocycles. The summed E-state index contributed by atoms with van der Waals surface area (Å²) in [5, 5.41) is 13.8. The lowest BCUT2D eigenvalue weighted by Crippen LogP contribution is -2.20. The van der Waals surface area contributed by atoms with Gasteiger partial charge >= 0.3 is 12.0 Å². The predicted molar refractivity (Wildman–Crippen MR) is 90.5 cm³/mol. The summed E-state index contributed by atoms with van der Waals surface area (Å²) >= 11 is 1.46. The Morgan fingerprint density at radius 3 is 2.71 bits per heavy atom. The molecule has 0 radical (unpaired) electrons. The number of hydrogen-bond acceptors (Lipinski definition) is 7. The number of anilines is 2. The maximum absolute atomic E-state index is 12.1. The number of nitrogens with one attached hydrogen (secondary N) is 2. The molecular formula is C15H15N5O3S. The fourth-order valence-electron chi connectivity index (χ4n) is 2.09. The molecule has 0 atom stereocenters. The Labute approximate surface area is 141 Å². The largest absolute Gasteiger partial charge is 0.495 e. The Morgan fingerprint density at radius 1 is 1.21 bits per heavy atom. The summed E-state index contributed by atoms with van der Waals surface area (Å²) in [6.07, 6.45) is 0. The van der Waals surface area contributed by atoms with Crippen LogP contribution in [0.2, 0.25) is 0 Å². The minimum Gasteiger partial charge on any atom is -0.495 e. The van der Waals surface area contributed by atoms with Crippen LogP contribution in [0.15, 0.2) is 28.7 Å². The Kier molecular flexibility index (Phi) is 4.43. The molecule has 3 aromatic rings. The van der Waals surface area contributed by atoms with Gasteiger partial charge in [0.25, 0.3) is 5.89 Å². The monoisotopic (exact) mass is 345 g/mol. The van der Waals surface area contributed by atoms with Crippen LogP contribution in [0.4, 0.5) is 16.5 Å². The van der Waals surface area contributed by atoms with E-state index in [4.69, 9.17) is 9.15 Å². The SMILES string of the molecule is COc1ccccc1NC(=O)Nc1nnc(-c2sc(C)nc2C)o1. The lowest BCUT2D eigenvalue weighted by atomic mass is 10.3. The minimum absolute atomic E-state index is 0.00264. The highest BCUT2D eigenvalue weighted by molar-refractivity contribution is 7.15. The average Bonchev–Trinajstić information content (AvgIpc) is 3.13. The van der Waals surface area contributed by atoms with Crippen LogP contribution in [-0.4, -0.2) is 28.3 Å². The standard InChI is InChI=1S/C15H15N5O3S/c1-8-12(24-9(2)16-8)13-19-20-15(23-13)18-14(21)17-10-6-4-5-7-11(10)22-3/h4-7H,1-3H3,(H2,17,18,20,21). The number of nitrogens with zero attached hydrogens (tertiary/aromatic N) is 3. The van der Waals surface area contributed by atoms with Gasteiger partial charge in [-0.2, -0.15) is 0 Å². The number of aromatic nitrogens is 3. The maximum Gasteiger partial charge on any atom is 0.327 e. The topological polar surface area (TPSA) is 102 Å². The zero-order chi connectivity index (χ0) is 17.1. The van der Waals surface area contributed by atoms with Crippen molar-refractivity contribution in [1.82, 2.24) is 15.2 Å². The molecule has 2 N–H and O–H groups in total. The molecule has 0 unspecified atom stereocenters. The van der Waals surface area contributed by atoms with E-state index in [-0.39, 0.29) is 6.01 Å². The number of para-hydroxylation sites is 2. The van der Waals surface area contributed by atoms with Crippen LogP contribution in [0.5, 0.6) is 5.75 Å². The van der Waals surface area contributed by atoms with Crippen LogP contribution in [0.25, 0.3) is 10.8 Å². The van der Waals surface area contributed by atoms with Gasteiger partial charge in [0.15, 0.2) is 0 Å². The lowest BCUT2D eigenvalue weighted by molar-refractivity contribution is 0.261. The number of benzene rings is 1. The first-order valence-corrected chi connectivity index (χ1v) is 7.87. The van der Waals surface area contributed by atoms with Crippen LogP contribution in [0.3, 0.4) is 0 Å². The summed E-state index contributed by atoms with van der Waals surface area (Å²) in [4.78, 5) is 17.2. The summed E-state index contributed by atoms with van der Waals surface area (Å²) in [5.41, 5.74) is 1.34. The minimum atomic E-state index is -0.507. The van der Waals surface area contributed by atoms with Gasteiger partial charge in [0.2, 0.25) is 0 Å². The van der Waals surface area contributed by atoms with E-state index in [1.54, 1.807) is 18.2 Å². The third kappa shape index (κ3) is 3.35. The molecule has 0 aliphatic carbocycles. The van der Waals surface area contributed by atoms with E-state index in [9.17, 15) is 4.79 Å². The Bertz CT molecular complexity index is 874. The van der Waals surface area contributed by atoms with Gasteiger partial charge in [-0.3, -0.25) is 5.32 Å². The predicted octanol–water partition coefficient (Wildman–Crippen LogP) is 3.46. The Morgan fingerprint density at radius 2 is 2.00 bits per heavy atom. The summed E-state index contributed by atoms with van der Waals surface area (Å²) < 4.78 is 10.6. The second-order valence-corrected chi connectivity index (χ2v) is 6.04. The number of urea groups is 1. The van der Waals surface area contributed by atoms with Gasteiger partial charge in [0.05, 0.1) is 23.5 Å². The number of rotatable bonds is 4. The summed E-state index contributed by atoms with van der Waals surface area (Å²) in [7, 11) is 1.53. The fourth-order valence-corrected chi connectivity index (χ4v) is 2.93. The van der Waals surface area contributed by atoms with Crippen molar-refractivity contribution in [3.05, 3.63) is 35.0 Å². The zero-order valence-electron chi connectivity index (χ0n) is 13.3. The molecule has 0 aliphatic heterocycles. The first kappa shape index (κ1) is 15.9. The highest BCUT2D eigenvalue weighted by Gasteiger charge is 2.16. The molecule has 0 saturated heterocycles. The summed E-state index contributed by atoms with van der Waals surface area (Å²) in [6, 6.07) is 6.56. The molecule has 1 aromatic carbocycles. The normalized spacial score (nSPS) is 10.5. The van der Waals surface area contributed by atoms with Crippen molar-refractivity contribution >= 4 is 29.1 Å². The van der Waals surface area contributed by atoms with Gasteiger partial charge in [0, 0.05) is 0 Å². The quantitative estimate of drug-likeness (QED) is 0.751. The summed E-state index contributed by atoms with van der Waals surface area (Å²) in [5.74, 6) is 0.875. The van der Waals surface area contributed by atoms with Crippen LogP contribution in [0, 0.1) is 13.8 Å². The Hall–Kier alpha value is -2.94. The van der Waals surface area contributed by atoms with E-state index in [1.165, 1.54) is 18.4 Å². The Balaban J connectivity index is 1.70. The smallest absolute Gasteiger partial charge is 0.327 e. The van der Waals surface area contributed by atoms with Gasteiger partial charge in [-0.15, -0.1) is 16.4 Å². The van der Waals surface area contributed by atoms with Crippen LogP contribution in [0.1, 0.15) is 10.7 Å². The summed E-state index contributed by atoms with van der Waals surface area (Å²) in [6.45, 7) is 3.77. The third-order valence-electron chi connectivity index (χ3n) is 3.10. The molecule has 0 spiro atoms. The number of methoxy groups -OCH3 is 1. The van der Waals surface area contributed by atoms with E-state index in [0.29, 0.717) is 17.3 Å². The van der Waals surface area contributed by atoms with Crippen molar-refractivity contribution in [2.45, 2.75) is 13.8 Å². The number of hydrogen-bond donors (Lipinski definition) is 2.